The van der Waals surface area contributed by atoms with Gasteiger partial charge in [0.2, 0.25) is 0 Å². The molecule has 0 aliphatic heterocycles. The van der Waals surface area contributed by atoms with Gasteiger partial charge in [0.15, 0.2) is 0 Å². The summed E-state index contributed by atoms with van der Waals surface area (Å²) in [5.41, 5.74) is 0. The Bertz CT molecular complexity index is 142. The lowest BCUT2D eigenvalue weighted by Gasteiger charge is -2.16. The van der Waals surface area contributed by atoms with Gasteiger partial charge in [0.05, 0.1) is 12.5 Å². The average molecular weight is 186 g/mol. The lowest BCUT2D eigenvalue weighted by Crippen LogP contribution is -2.32. The number of nitrogens with zero attached hydrogens (tertiary/aromatic N) is 1. The van der Waals surface area contributed by atoms with E-state index in [-0.39, 0.29) is 0 Å². The molecule has 0 aromatic rings. The molecular weight excluding hydrogens is 168 g/mol. The van der Waals surface area contributed by atoms with Gasteiger partial charge in [-0.2, -0.15) is 17.0 Å². The molecule has 0 saturated carbocycles. The normalized spacial score (nSPS) is 15.2. The minimum Gasteiger partial charge on any atom is -0.312 e. The fourth-order valence-electron chi connectivity index (χ4n) is 0.887. The molecule has 0 rings (SSSR count). The second kappa shape index (κ2) is 7.45. The SMILES string of the molecule is CCC(CC#N)NCC(C)SC. The molecule has 2 atom stereocenters. The zero-order chi connectivity index (χ0) is 9.40. The van der Waals surface area contributed by atoms with Crippen LogP contribution in [0.25, 0.3) is 0 Å². The molecule has 0 heterocycles. The number of hydrogen-bond donors (Lipinski definition) is 1. The van der Waals surface area contributed by atoms with Crippen LogP contribution in [0.5, 0.6) is 0 Å². The van der Waals surface area contributed by atoms with E-state index in [1.54, 1.807) is 0 Å². The van der Waals surface area contributed by atoms with Crippen molar-refractivity contribution in [3.63, 3.8) is 0 Å². The van der Waals surface area contributed by atoms with Gasteiger partial charge in [-0.1, -0.05) is 13.8 Å². The van der Waals surface area contributed by atoms with Crippen molar-refractivity contribution in [1.82, 2.24) is 5.32 Å². The maximum Gasteiger partial charge on any atom is 0.0638 e. The van der Waals surface area contributed by atoms with Gasteiger partial charge < -0.3 is 5.32 Å². The molecule has 0 radical (unpaired) electrons. The Hall–Kier alpha value is -0.200. The van der Waals surface area contributed by atoms with Crippen LogP contribution in [-0.4, -0.2) is 24.1 Å². The average Bonchev–Trinajstić information content (AvgIpc) is 2.11. The zero-order valence-electron chi connectivity index (χ0n) is 8.13. The van der Waals surface area contributed by atoms with Crippen LogP contribution < -0.4 is 5.32 Å². The summed E-state index contributed by atoms with van der Waals surface area (Å²) in [7, 11) is 0. The second-order valence-electron chi connectivity index (χ2n) is 2.92. The van der Waals surface area contributed by atoms with Gasteiger partial charge in [0, 0.05) is 17.8 Å². The molecule has 2 unspecified atom stereocenters. The summed E-state index contributed by atoms with van der Waals surface area (Å²) in [6, 6.07) is 2.57. The van der Waals surface area contributed by atoms with Crippen molar-refractivity contribution in [2.75, 3.05) is 12.8 Å². The van der Waals surface area contributed by atoms with Gasteiger partial charge in [0.25, 0.3) is 0 Å². The van der Waals surface area contributed by atoms with Crippen LogP contribution in [0.2, 0.25) is 0 Å². The molecule has 0 aliphatic rings. The molecule has 0 aromatic heterocycles. The first kappa shape index (κ1) is 11.8. The van der Waals surface area contributed by atoms with Crippen molar-refractivity contribution >= 4 is 11.8 Å². The molecule has 0 saturated heterocycles. The number of nitrogens with one attached hydrogen (secondary N) is 1. The molecule has 3 heteroatoms. The summed E-state index contributed by atoms with van der Waals surface area (Å²) >= 11 is 1.85. The van der Waals surface area contributed by atoms with Gasteiger partial charge in [-0.25, -0.2) is 0 Å². The largest absolute Gasteiger partial charge is 0.312 e. The van der Waals surface area contributed by atoms with Crippen molar-refractivity contribution in [2.24, 2.45) is 0 Å². The number of hydrogen-bond acceptors (Lipinski definition) is 3. The minimum absolute atomic E-state index is 0.379. The van der Waals surface area contributed by atoms with Gasteiger partial charge in [-0.15, -0.1) is 0 Å². The van der Waals surface area contributed by atoms with Gasteiger partial charge in [-0.3, -0.25) is 0 Å². The summed E-state index contributed by atoms with van der Waals surface area (Å²) < 4.78 is 0. The quantitative estimate of drug-likeness (QED) is 0.689. The predicted molar refractivity (Wildman–Crippen MR) is 55.3 cm³/mol. The molecule has 0 spiro atoms. The molecule has 0 fully saturated rings. The van der Waals surface area contributed by atoms with Crippen LogP contribution in [0.3, 0.4) is 0 Å². The fraction of sp³-hybridized carbons (Fsp3) is 0.889. The molecular formula is C9H18N2S. The Balaban J connectivity index is 3.51. The highest BCUT2D eigenvalue weighted by molar-refractivity contribution is 7.99. The molecule has 0 bridgehead atoms. The van der Waals surface area contributed by atoms with Crippen molar-refractivity contribution in [1.29, 1.82) is 5.26 Å². The van der Waals surface area contributed by atoms with Crippen molar-refractivity contribution < 1.29 is 0 Å². The number of thioether (sulfide) groups is 1. The summed E-state index contributed by atoms with van der Waals surface area (Å²) in [5, 5.41) is 12.5. The maximum absolute atomic E-state index is 8.50. The first-order valence-corrected chi connectivity index (χ1v) is 5.66. The van der Waals surface area contributed by atoms with E-state index in [4.69, 9.17) is 5.26 Å². The third-order valence-corrected chi connectivity index (χ3v) is 2.90. The zero-order valence-corrected chi connectivity index (χ0v) is 8.95. The van der Waals surface area contributed by atoms with Crippen LogP contribution in [0, 0.1) is 11.3 Å². The summed E-state index contributed by atoms with van der Waals surface area (Å²) in [4.78, 5) is 0. The standard InChI is InChI=1S/C9H18N2S/c1-4-9(5-6-10)11-7-8(2)12-3/h8-9,11H,4-5,7H2,1-3H3. The van der Waals surface area contributed by atoms with Crippen LogP contribution in [0.1, 0.15) is 26.7 Å². The molecule has 2 nitrogen and oxygen atoms in total. The maximum atomic E-state index is 8.50. The minimum atomic E-state index is 0.379. The van der Waals surface area contributed by atoms with E-state index >= 15 is 0 Å². The second-order valence-corrected chi connectivity index (χ2v) is 4.20. The molecule has 1 N–H and O–H groups in total. The monoisotopic (exact) mass is 186 g/mol. The van der Waals surface area contributed by atoms with Crippen LogP contribution in [0.4, 0.5) is 0 Å². The van der Waals surface area contributed by atoms with Crippen molar-refractivity contribution in [3.05, 3.63) is 0 Å². The van der Waals surface area contributed by atoms with E-state index in [1.165, 1.54) is 0 Å². The highest BCUT2D eigenvalue weighted by Gasteiger charge is 2.06. The first-order chi connectivity index (χ1) is 5.74. The van der Waals surface area contributed by atoms with E-state index in [9.17, 15) is 0 Å². The van der Waals surface area contributed by atoms with E-state index in [0.717, 1.165) is 13.0 Å². The molecule has 0 aromatic carbocycles. The summed E-state index contributed by atoms with van der Waals surface area (Å²) in [6.45, 7) is 5.30. The van der Waals surface area contributed by atoms with Crippen molar-refractivity contribution in [2.45, 2.75) is 38.0 Å². The highest BCUT2D eigenvalue weighted by atomic mass is 32.2. The molecule has 12 heavy (non-hydrogen) atoms. The smallest absolute Gasteiger partial charge is 0.0638 e. The lowest BCUT2D eigenvalue weighted by molar-refractivity contribution is 0.508. The van der Waals surface area contributed by atoms with Gasteiger partial charge in [0.1, 0.15) is 0 Å². The number of nitriles is 1. The van der Waals surface area contributed by atoms with Gasteiger partial charge in [-0.05, 0) is 12.7 Å². The Morgan fingerprint density at radius 2 is 2.25 bits per heavy atom. The Kier molecular flexibility index (Phi) is 7.33. The van der Waals surface area contributed by atoms with Gasteiger partial charge >= 0.3 is 0 Å². The Morgan fingerprint density at radius 3 is 2.67 bits per heavy atom. The Morgan fingerprint density at radius 1 is 1.58 bits per heavy atom. The highest BCUT2D eigenvalue weighted by Crippen LogP contribution is 2.04. The third-order valence-electron chi connectivity index (χ3n) is 1.93. The molecule has 70 valence electrons. The van der Waals surface area contributed by atoms with Crippen LogP contribution in [-0.2, 0) is 0 Å². The predicted octanol–water partition coefficient (Wildman–Crippen LogP) is 2.02. The third kappa shape index (κ3) is 5.45. The topological polar surface area (TPSA) is 35.8 Å². The van der Waals surface area contributed by atoms with E-state index in [1.807, 2.05) is 11.8 Å². The Labute approximate surface area is 79.7 Å². The lowest BCUT2D eigenvalue weighted by atomic mass is 10.1. The van der Waals surface area contributed by atoms with E-state index < -0.39 is 0 Å². The van der Waals surface area contributed by atoms with Crippen LogP contribution >= 0.6 is 11.8 Å². The van der Waals surface area contributed by atoms with E-state index in [2.05, 4.69) is 31.5 Å². The first-order valence-electron chi connectivity index (χ1n) is 4.37. The molecule has 0 aliphatic carbocycles. The van der Waals surface area contributed by atoms with Crippen LogP contribution in [0.15, 0.2) is 0 Å². The van der Waals surface area contributed by atoms with Crippen molar-refractivity contribution in [3.8, 4) is 6.07 Å². The number of rotatable bonds is 6. The summed E-state index contributed by atoms with van der Waals surface area (Å²) in [5.74, 6) is 0. The van der Waals surface area contributed by atoms with E-state index in [0.29, 0.717) is 17.7 Å². The summed E-state index contributed by atoms with van der Waals surface area (Å²) in [6.07, 6.45) is 3.77. The molecule has 0 amide bonds. The fourth-order valence-corrected chi connectivity index (χ4v) is 1.15.